The van der Waals surface area contributed by atoms with Crippen LogP contribution in [0, 0.1) is 5.82 Å². The second kappa shape index (κ2) is 7.84. The van der Waals surface area contributed by atoms with Crippen LogP contribution in [0.1, 0.15) is 10.6 Å². The van der Waals surface area contributed by atoms with Gasteiger partial charge in [-0.25, -0.2) is 14.1 Å². The molecule has 1 heterocycles. The van der Waals surface area contributed by atoms with Crippen LogP contribution in [0.2, 0.25) is 0 Å². The fraction of sp³-hybridized carbons (Fsp3) is 0. The van der Waals surface area contributed by atoms with Gasteiger partial charge in [0.15, 0.2) is 5.82 Å². The van der Waals surface area contributed by atoms with Gasteiger partial charge in [-0.15, -0.1) is 5.10 Å². The maximum absolute atomic E-state index is 13.4. The molecule has 150 valence electrons. The van der Waals surface area contributed by atoms with Gasteiger partial charge in [-0.2, -0.15) is 0 Å². The van der Waals surface area contributed by atoms with Crippen LogP contribution in [0.5, 0.6) is 0 Å². The first kappa shape index (κ1) is 18.7. The predicted molar refractivity (Wildman–Crippen MR) is 119 cm³/mol. The Bertz CT molecular complexity index is 1370. The van der Waals surface area contributed by atoms with Crippen molar-refractivity contribution >= 4 is 22.4 Å². The smallest absolute Gasteiger partial charge is 0.295 e. The number of rotatable bonds is 4. The number of nitrogens with one attached hydrogen (secondary N) is 1. The highest BCUT2D eigenvalue weighted by Gasteiger charge is 2.19. The zero-order valence-electron chi connectivity index (χ0n) is 16.4. The number of benzene rings is 4. The molecule has 0 aliphatic carbocycles. The van der Waals surface area contributed by atoms with Gasteiger partial charge >= 0.3 is 0 Å². The van der Waals surface area contributed by atoms with Gasteiger partial charge in [0.1, 0.15) is 5.82 Å². The Morgan fingerprint density at radius 1 is 0.806 bits per heavy atom. The molecule has 0 saturated heterocycles. The van der Waals surface area contributed by atoms with Crippen molar-refractivity contribution in [3.8, 4) is 17.1 Å². The second-order valence-electron chi connectivity index (χ2n) is 6.99. The maximum Gasteiger partial charge on any atom is 0.295 e. The number of anilines is 1. The molecule has 0 unspecified atom stereocenters. The van der Waals surface area contributed by atoms with Gasteiger partial charge in [0.25, 0.3) is 5.91 Å². The van der Waals surface area contributed by atoms with Crippen LogP contribution >= 0.6 is 0 Å². The van der Waals surface area contributed by atoms with Crippen molar-refractivity contribution in [3.05, 3.63) is 109 Å². The highest BCUT2D eigenvalue weighted by Crippen LogP contribution is 2.25. The molecule has 0 spiro atoms. The van der Waals surface area contributed by atoms with Crippen molar-refractivity contribution in [2.75, 3.05) is 5.32 Å². The highest BCUT2D eigenvalue weighted by atomic mass is 19.1. The molecule has 1 N–H and O–H groups in total. The summed E-state index contributed by atoms with van der Waals surface area (Å²) in [6.45, 7) is 0. The molecule has 0 atom stereocenters. The van der Waals surface area contributed by atoms with Crippen molar-refractivity contribution < 1.29 is 9.18 Å². The molecular formula is C25H17FN4O. The lowest BCUT2D eigenvalue weighted by molar-refractivity contribution is 0.101. The third kappa shape index (κ3) is 3.67. The SMILES string of the molecule is O=C(Nc1cccc2ccccc12)c1nc(-c2ccccc2)n(-c2ccc(F)cc2)n1. The van der Waals surface area contributed by atoms with Crippen molar-refractivity contribution in [2.45, 2.75) is 0 Å². The molecule has 0 aliphatic rings. The number of hydrogen-bond acceptors (Lipinski definition) is 3. The number of aromatic nitrogens is 3. The number of nitrogens with zero attached hydrogens (tertiary/aromatic N) is 3. The number of carbonyl (C=O) groups is 1. The minimum atomic E-state index is -0.422. The Morgan fingerprint density at radius 3 is 2.32 bits per heavy atom. The molecule has 31 heavy (non-hydrogen) atoms. The molecule has 0 saturated carbocycles. The van der Waals surface area contributed by atoms with Crippen LogP contribution in [-0.4, -0.2) is 20.7 Å². The van der Waals surface area contributed by atoms with Crippen molar-refractivity contribution in [2.24, 2.45) is 0 Å². The van der Waals surface area contributed by atoms with E-state index in [0.29, 0.717) is 17.2 Å². The van der Waals surface area contributed by atoms with Gasteiger partial charge in [0.05, 0.1) is 5.69 Å². The Hall–Kier alpha value is -4.32. The number of carbonyl (C=O) groups excluding carboxylic acids is 1. The van der Waals surface area contributed by atoms with Crippen LogP contribution < -0.4 is 5.32 Å². The molecule has 6 heteroatoms. The van der Waals surface area contributed by atoms with Gasteiger partial charge < -0.3 is 5.32 Å². The molecule has 5 rings (SSSR count). The number of fused-ring (bicyclic) bond motifs is 1. The summed E-state index contributed by atoms with van der Waals surface area (Å²) in [6.07, 6.45) is 0. The number of halogens is 1. The largest absolute Gasteiger partial charge is 0.319 e. The Balaban J connectivity index is 1.56. The average Bonchev–Trinajstić information content (AvgIpc) is 3.26. The van der Waals surface area contributed by atoms with Crippen LogP contribution in [-0.2, 0) is 0 Å². The predicted octanol–water partition coefficient (Wildman–Crippen LogP) is 5.48. The minimum absolute atomic E-state index is 0.0242. The fourth-order valence-electron chi connectivity index (χ4n) is 3.46. The molecule has 0 radical (unpaired) electrons. The van der Waals surface area contributed by atoms with Crippen LogP contribution in [0.15, 0.2) is 97.1 Å². The van der Waals surface area contributed by atoms with Gasteiger partial charge in [-0.3, -0.25) is 4.79 Å². The summed E-state index contributed by atoms with van der Waals surface area (Å²) >= 11 is 0. The Labute approximate surface area is 177 Å². The molecular weight excluding hydrogens is 391 g/mol. The van der Waals surface area contributed by atoms with E-state index in [1.165, 1.54) is 12.1 Å². The fourth-order valence-corrected chi connectivity index (χ4v) is 3.46. The first-order valence-corrected chi connectivity index (χ1v) is 9.76. The second-order valence-corrected chi connectivity index (χ2v) is 6.99. The topological polar surface area (TPSA) is 59.8 Å². The standard InChI is InChI=1S/C25H17FN4O/c26-19-13-15-20(16-14-19)30-24(18-8-2-1-3-9-18)28-23(29-30)25(31)27-22-12-6-10-17-7-4-5-11-21(17)22/h1-16H,(H,27,31). The lowest BCUT2D eigenvalue weighted by atomic mass is 10.1. The lowest BCUT2D eigenvalue weighted by Gasteiger charge is -2.07. The molecule has 0 bridgehead atoms. The van der Waals surface area contributed by atoms with Crippen LogP contribution in [0.3, 0.4) is 0 Å². The monoisotopic (exact) mass is 408 g/mol. The molecule has 0 fully saturated rings. The third-order valence-electron chi connectivity index (χ3n) is 4.95. The van der Waals surface area contributed by atoms with Crippen molar-refractivity contribution in [3.63, 3.8) is 0 Å². The minimum Gasteiger partial charge on any atom is -0.319 e. The number of amides is 1. The summed E-state index contributed by atoms with van der Waals surface area (Å²) in [7, 11) is 0. The number of hydrogen-bond donors (Lipinski definition) is 1. The highest BCUT2D eigenvalue weighted by molar-refractivity contribution is 6.07. The van der Waals surface area contributed by atoms with E-state index in [1.54, 1.807) is 16.8 Å². The molecule has 5 nitrogen and oxygen atoms in total. The van der Waals surface area contributed by atoms with E-state index in [0.717, 1.165) is 16.3 Å². The summed E-state index contributed by atoms with van der Waals surface area (Å²) < 4.78 is 15.0. The van der Waals surface area contributed by atoms with Crippen molar-refractivity contribution in [1.82, 2.24) is 14.8 Å². The Kier molecular flexibility index (Phi) is 4.72. The van der Waals surface area contributed by atoms with Gasteiger partial charge in [0, 0.05) is 16.6 Å². The first-order chi connectivity index (χ1) is 15.2. The summed E-state index contributed by atoms with van der Waals surface area (Å²) in [5, 5.41) is 9.30. The van der Waals surface area contributed by atoms with E-state index in [1.807, 2.05) is 72.8 Å². The van der Waals surface area contributed by atoms with E-state index in [9.17, 15) is 9.18 Å². The molecule has 4 aromatic carbocycles. The third-order valence-corrected chi connectivity index (χ3v) is 4.95. The maximum atomic E-state index is 13.4. The van der Waals surface area contributed by atoms with E-state index in [4.69, 9.17) is 0 Å². The van der Waals surface area contributed by atoms with E-state index >= 15 is 0 Å². The normalized spacial score (nSPS) is 10.9. The zero-order chi connectivity index (χ0) is 21.2. The quantitative estimate of drug-likeness (QED) is 0.428. The van der Waals surface area contributed by atoms with Gasteiger partial charge in [0.2, 0.25) is 5.82 Å². The summed E-state index contributed by atoms with van der Waals surface area (Å²) in [5.41, 5.74) is 2.09. The van der Waals surface area contributed by atoms with Crippen molar-refractivity contribution in [1.29, 1.82) is 0 Å². The van der Waals surface area contributed by atoms with E-state index < -0.39 is 5.91 Å². The average molecular weight is 408 g/mol. The molecule has 0 aliphatic heterocycles. The van der Waals surface area contributed by atoms with E-state index in [2.05, 4.69) is 15.4 Å². The molecule has 1 aromatic heterocycles. The van der Waals surface area contributed by atoms with Gasteiger partial charge in [-0.05, 0) is 35.7 Å². The summed E-state index contributed by atoms with van der Waals surface area (Å²) in [6, 6.07) is 28.9. The van der Waals surface area contributed by atoms with Crippen LogP contribution in [0.25, 0.3) is 27.8 Å². The van der Waals surface area contributed by atoms with E-state index in [-0.39, 0.29) is 11.6 Å². The van der Waals surface area contributed by atoms with Crippen LogP contribution in [0.4, 0.5) is 10.1 Å². The molecule has 5 aromatic rings. The summed E-state index contributed by atoms with van der Waals surface area (Å²) in [4.78, 5) is 17.5. The molecule has 1 amide bonds. The Morgan fingerprint density at radius 2 is 1.52 bits per heavy atom. The van der Waals surface area contributed by atoms with Gasteiger partial charge in [-0.1, -0.05) is 66.7 Å². The summed E-state index contributed by atoms with van der Waals surface area (Å²) in [5.74, 6) is -0.250. The lowest BCUT2D eigenvalue weighted by Crippen LogP contribution is -2.14. The first-order valence-electron chi connectivity index (χ1n) is 9.76. The zero-order valence-corrected chi connectivity index (χ0v) is 16.4.